The van der Waals surface area contributed by atoms with Crippen LogP contribution in [0, 0.1) is 0 Å². The second kappa shape index (κ2) is 11.3. The molecule has 0 bridgehead atoms. The smallest absolute Gasteiger partial charge is 0.257 e. The van der Waals surface area contributed by atoms with Crippen molar-refractivity contribution in [3.63, 3.8) is 0 Å². The van der Waals surface area contributed by atoms with Gasteiger partial charge in [0.05, 0.1) is 23.7 Å². The van der Waals surface area contributed by atoms with E-state index in [0.29, 0.717) is 56.6 Å². The topological polar surface area (TPSA) is 85.4 Å². The maximum Gasteiger partial charge on any atom is 0.257 e. The minimum atomic E-state index is -3.63. The molecule has 0 N–H and O–H groups in total. The van der Waals surface area contributed by atoms with Crippen LogP contribution < -0.4 is 9.47 Å². The monoisotopic (exact) mass is 462 g/mol. The predicted octanol–water partition coefficient (Wildman–Crippen LogP) is 2.65. The van der Waals surface area contributed by atoms with Gasteiger partial charge in [-0.1, -0.05) is 12.1 Å². The van der Waals surface area contributed by atoms with Crippen molar-refractivity contribution in [1.82, 2.24) is 9.21 Å². The first kappa shape index (κ1) is 24.0. The van der Waals surface area contributed by atoms with Gasteiger partial charge in [-0.25, -0.2) is 8.42 Å². The lowest BCUT2D eigenvalue weighted by Gasteiger charge is -2.34. The van der Waals surface area contributed by atoms with Crippen molar-refractivity contribution in [2.24, 2.45) is 0 Å². The average molecular weight is 463 g/mol. The third kappa shape index (κ3) is 5.79. The number of ether oxygens (including phenoxy) is 3. The largest absolute Gasteiger partial charge is 0.494 e. The second-order valence-corrected chi connectivity index (χ2v) is 9.08. The molecule has 8 nitrogen and oxygen atoms in total. The van der Waals surface area contributed by atoms with Crippen LogP contribution in [0.25, 0.3) is 0 Å². The van der Waals surface area contributed by atoms with E-state index in [-0.39, 0.29) is 23.9 Å². The van der Waals surface area contributed by atoms with E-state index in [9.17, 15) is 13.2 Å². The van der Waals surface area contributed by atoms with Crippen molar-refractivity contribution in [3.8, 4) is 11.5 Å². The summed E-state index contributed by atoms with van der Waals surface area (Å²) in [5, 5.41) is 0. The third-order valence-electron chi connectivity index (χ3n) is 5.11. The Balaban J connectivity index is 1.62. The summed E-state index contributed by atoms with van der Waals surface area (Å²) in [7, 11) is -3.63. The molecule has 3 rings (SSSR count). The Bertz CT molecular complexity index is 986. The summed E-state index contributed by atoms with van der Waals surface area (Å²) in [5.74, 6) is 0.959. The number of piperazine rings is 1. The van der Waals surface area contributed by atoms with Crippen LogP contribution in [0.15, 0.2) is 53.4 Å². The zero-order valence-corrected chi connectivity index (χ0v) is 19.3. The number of para-hydroxylation sites is 1. The molecule has 2 aromatic rings. The first-order chi connectivity index (χ1) is 15.5. The van der Waals surface area contributed by atoms with Crippen LogP contribution in [0.3, 0.4) is 0 Å². The van der Waals surface area contributed by atoms with Gasteiger partial charge in [-0.3, -0.25) is 4.79 Å². The van der Waals surface area contributed by atoms with Crippen molar-refractivity contribution in [3.05, 3.63) is 54.1 Å². The van der Waals surface area contributed by atoms with Crippen molar-refractivity contribution >= 4 is 15.9 Å². The van der Waals surface area contributed by atoms with Crippen LogP contribution in [-0.2, 0) is 14.8 Å². The van der Waals surface area contributed by atoms with Gasteiger partial charge in [-0.2, -0.15) is 4.31 Å². The van der Waals surface area contributed by atoms with Gasteiger partial charge in [0.25, 0.3) is 5.91 Å². The fourth-order valence-corrected chi connectivity index (χ4v) is 4.87. The standard InChI is InChI=1S/C23H30N2O6S/c1-3-29-17-18-31-22-8-6-5-7-21(22)23(26)24-13-15-25(16-14-24)32(27,28)20-11-9-19(10-12-20)30-4-2/h5-12H,3-4,13-18H2,1-2H3. The molecule has 0 spiro atoms. The van der Waals surface area contributed by atoms with Gasteiger partial charge in [-0.05, 0) is 50.2 Å². The van der Waals surface area contributed by atoms with E-state index in [1.54, 1.807) is 47.4 Å². The number of carbonyl (C=O) groups is 1. The maximum absolute atomic E-state index is 13.1. The molecule has 2 aromatic carbocycles. The first-order valence-electron chi connectivity index (χ1n) is 10.8. The number of amides is 1. The Morgan fingerprint density at radius 1 is 0.875 bits per heavy atom. The summed E-state index contributed by atoms with van der Waals surface area (Å²) in [6.07, 6.45) is 0. The fraction of sp³-hybridized carbons (Fsp3) is 0.435. The molecule has 9 heteroatoms. The predicted molar refractivity (Wildman–Crippen MR) is 121 cm³/mol. The molecule has 1 fully saturated rings. The van der Waals surface area contributed by atoms with Crippen molar-refractivity contribution < 1.29 is 27.4 Å². The number of carbonyl (C=O) groups excluding carboxylic acids is 1. The summed E-state index contributed by atoms with van der Waals surface area (Å²) < 4.78 is 43.8. The number of hydrogen-bond donors (Lipinski definition) is 0. The van der Waals surface area contributed by atoms with E-state index in [0.717, 1.165) is 0 Å². The first-order valence-corrected chi connectivity index (χ1v) is 12.2. The summed E-state index contributed by atoms with van der Waals surface area (Å²) in [4.78, 5) is 14.9. The number of hydrogen-bond acceptors (Lipinski definition) is 6. The molecular formula is C23H30N2O6S. The quantitative estimate of drug-likeness (QED) is 0.505. The maximum atomic E-state index is 13.1. The molecule has 1 amide bonds. The molecule has 1 aliphatic rings. The molecule has 0 aliphatic carbocycles. The van der Waals surface area contributed by atoms with Gasteiger partial charge in [-0.15, -0.1) is 0 Å². The molecule has 1 heterocycles. The van der Waals surface area contributed by atoms with Crippen LogP contribution in [-0.4, -0.2) is 76.1 Å². The summed E-state index contributed by atoms with van der Waals surface area (Å²) in [6, 6.07) is 13.5. The summed E-state index contributed by atoms with van der Waals surface area (Å²) in [5.41, 5.74) is 0.465. The molecule has 1 aliphatic heterocycles. The van der Waals surface area contributed by atoms with Crippen LogP contribution in [0.1, 0.15) is 24.2 Å². The number of rotatable bonds is 10. The lowest BCUT2D eigenvalue weighted by molar-refractivity contribution is 0.0688. The summed E-state index contributed by atoms with van der Waals surface area (Å²) in [6.45, 7) is 6.78. The van der Waals surface area contributed by atoms with Crippen LogP contribution in [0.5, 0.6) is 11.5 Å². The minimum Gasteiger partial charge on any atom is -0.494 e. The lowest BCUT2D eigenvalue weighted by Crippen LogP contribution is -2.50. The Labute approximate surface area is 189 Å². The SMILES string of the molecule is CCOCCOc1ccccc1C(=O)N1CCN(S(=O)(=O)c2ccc(OCC)cc2)CC1. The Morgan fingerprint density at radius 3 is 2.22 bits per heavy atom. The van der Waals surface area contributed by atoms with Gasteiger partial charge >= 0.3 is 0 Å². The van der Waals surface area contributed by atoms with Gasteiger partial charge in [0.1, 0.15) is 18.1 Å². The minimum absolute atomic E-state index is 0.171. The van der Waals surface area contributed by atoms with E-state index in [1.165, 1.54) is 4.31 Å². The van der Waals surface area contributed by atoms with Gasteiger partial charge in [0.2, 0.25) is 10.0 Å². The van der Waals surface area contributed by atoms with Gasteiger partial charge in [0.15, 0.2) is 0 Å². The van der Waals surface area contributed by atoms with Crippen molar-refractivity contribution in [2.45, 2.75) is 18.7 Å². The lowest BCUT2D eigenvalue weighted by atomic mass is 10.1. The Morgan fingerprint density at radius 2 is 1.56 bits per heavy atom. The number of benzene rings is 2. The molecule has 32 heavy (non-hydrogen) atoms. The highest BCUT2D eigenvalue weighted by Crippen LogP contribution is 2.23. The second-order valence-electron chi connectivity index (χ2n) is 7.14. The Kier molecular flexibility index (Phi) is 8.49. The zero-order valence-electron chi connectivity index (χ0n) is 18.5. The highest BCUT2D eigenvalue weighted by atomic mass is 32.2. The van der Waals surface area contributed by atoms with Crippen LogP contribution in [0.4, 0.5) is 0 Å². The third-order valence-corrected chi connectivity index (χ3v) is 7.02. The molecule has 0 unspecified atom stereocenters. The number of sulfonamides is 1. The van der Waals surface area contributed by atoms with Crippen LogP contribution >= 0.6 is 0 Å². The Hall–Kier alpha value is -2.62. The highest BCUT2D eigenvalue weighted by molar-refractivity contribution is 7.89. The summed E-state index contributed by atoms with van der Waals surface area (Å²) >= 11 is 0. The molecule has 1 saturated heterocycles. The number of nitrogens with zero attached hydrogens (tertiary/aromatic N) is 2. The van der Waals surface area contributed by atoms with E-state index >= 15 is 0 Å². The molecule has 0 atom stereocenters. The van der Waals surface area contributed by atoms with Gasteiger partial charge in [0, 0.05) is 32.8 Å². The fourth-order valence-electron chi connectivity index (χ4n) is 3.45. The molecule has 0 saturated carbocycles. The van der Waals surface area contributed by atoms with E-state index < -0.39 is 10.0 Å². The van der Waals surface area contributed by atoms with Crippen molar-refractivity contribution in [2.75, 3.05) is 52.6 Å². The van der Waals surface area contributed by atoms with E-state index in [1.807, 2.05) is 19.9 Å². The van der Waals surface area contributed by atoms with Crippen molar-refractivity contribution in [1.29, 1.82) is 0 Å². The zero-order chi connectivity index (χ0) is 23.0. The molecule has 0 radical (unpaired) electrons. The van der Waals surface area contributed by atoms with Crippen LogP contribution in [0.2, 0.25) is 0 Å². The molecular weight excluding hydrogens is 432 g/mol. The van der Waals surface area contributed by atoms with E-state index in [2.05, 4.69) is 0 Å². The van der Waals surface area contributed by atoms with E-state index in [4.69, 9.17) is 14.2 Å². The normalized spacial score (nSPS) is 14.9. The highest BCUT2D eigenvalue weighted by Gasteiger charge is 2.31. The average Bonchev–Trinajstić information content (AvgIpc) is 2.82. The molecule has 174 valence electrons. The molecule has 0 aromatic heterocycles. The van der Waals surface area contributed by atoms with Gasteiger partial charge < -0.3 is 19.1 Å².